The van der Waals surface area contributed by atoms with Crippen molar-refractivity contribution in [2.45, 2.75) is 39.8 Å². The summed E-state index contributed by atoms with van der Waals surface area (Å²) in [6, 6.07) is 13.2. The van der Waals surface area contributed by atoms with Gasteiger partial charge in [-0.3, -0.25) is 0 Å². The zero-order valence-corrected chi connectivity index (χ0v) is 11.5. The molecule has 2 unspecified atom stereocenters. The highest BCUT2D eigenvalue weighted by Crippen LogP contribution is 2.24. The minimum atomic E-state index is 0.289. The summed E-state index contributed by atoms with van der Waals surface area (Å²) in [5, 5.41) is 3.61. The highest BCUT2D eigenvalue weighted by Gasteiger charge is 2.15. The van der Waals surface area contributed by atoms with E-state index in [0.717, 1.165) is 11.5 Å². The average molecular weight is 243 g/mol. The minimum Gasteiger partial charge on any atom is -0.466 e. The van der Waals surface area contributed by atoms with Gasteiger partial charge >= 0.3 is 0 Å². The standard InChI is InChI=1S/C16H21NO/c1-11-10-16(14(4)18-11)13(3)17-12(2)15-8-6-5-7-9-15/h5-10,12-13,17H,1-4H3. The Morgan fingerprint density at radius 2 is 1.67 bits per heavy atom. The van der Waals surface area contributed by atoms with Gasteiger partial charge in [0, 0.05) is 17.6 Å². The number of furan rings is 1. The van der Waals surface area contributed by atoms with E-state index in [9.17, 15) is 0 Å². The van der Waals surface area contributed by atoms with Gasteiger partial charge in [0.2, 0.25) is 0 Å². The quantitative estimate of drug-likeness (QED) is 0.865. The van der Waals surface area contributed by atoms with Crippen LogP contribution in [0.1, 0.15) is 48.6 Å². The van der Waals surface area contributed by atoms with Gasteiger partial charge < -0.3 is 9.73 Å². The van der Waals surface area contributed by atoms with E-state index in [1.165, 1.54) is 11.1 Å². The number of hydrogen-bond donors (Lipinski definition) is 1. The van der Waals surface area contributed by atoms with Crippen LogP contribution in [-0.2, 0) is 0 Å². The molecule has 1 aromatic carbocycles. The number of benzene rings is 1. The van der Waals surface area contributed by atoms with Gasteiger partial charge in [0.25, 0.3) is 0 Å². The lowest BCUT2D eigenvalue weighted by Gasteiger charge is -2.20. The maximum atomic E-state index is 5.58. The van der Waals surface area contributed by atoms with Gasteiger partial charge in [-0.1, -0.05) is 30.3 Å². The molecule has 0 fully saturated rings. The van der Waals surface area contributed by atoms with Crippen LogP contribution >= 0.6 is 0 Å². The van der Waals surface area contributed by atoms with Gasteiger partial charge in [-0.05, 0) is 39.3 Å². The molecular weight excluding hydrogens is 222 g/mol. The SMILES string of the molecule is Cc1cc(C(C)NC(C)c2ccccc2)c(C)o1. The molecule has 0 saturated heterocycles. The van der Waals surface area contributed by atoms with Gasteiger partial charge in [0.1, 0.15) is 11.5 Å². The molecule has 2 heteroatoms. The monoisotopic (exact) mass is 243 g/mol. The Bertz CT molecular complexity index is 501. The van der Waals surface area contributed by atoms with Gasteiger partial charge in [-0.2, -0.15) is 0 Å². The first-order chi connectivity index (χ1) is 8.58. The van der Waals surface area contributed by atoms with Crippen LogP contribution < -0.4 is 5.32 Å². The Morgan fingerprint density at radius 1 is 1.00 bits per heavy atom. The summed E-state index contributed by atoms with van der Waals surface area (Å²) in [4.78, 5) is 0. The highest BCUT2D eigenvalue weighted by atomic mass is 16.3. The van der Waals surface area contributed by atoms with Crippen molar-refractivity contribution >= 4 is 0 Å². The Hall–Kier alpha value is -1.54. The van der Waals surface area contributed by atoms with E-state index in [-0.39, 0.29) is 6.04 Å². The second-order valence-electron chi connectivity index (χ2n) is 4.89. The molecule has 18 heavy (non-hydrogen) atoms. The molecule has 0 aliphatic carbocycles. The van der Waals surface area contributed by atoms with Crippen molar-refractivity contribution in [3.05, 3.63) is 59.0 Å². The second-order valence-corrected chi connectivity index (χ2v) is 4.89. The second kappa shape index (κ2) is 5.40. The smallest absolute Gasteiger partial charge is 0.105 e. The maximum absolute atomic E-state index is 5.58. The van der Waals surface area contributed by atoms with Gasteiger partial charge in [-0.15, -0.1) is 0 Å². The molecule has 0 amide bonds. The molecule has 2 nitrogen and oxygen atoms in total. The van der Waals surface area contributed by atoms with E-state index in [0.29, 0.717) is 6.04 Å². The normalized spacial score (nSPS) is 14.4. The van der Waals surface area contributed by atoms with Crippen molar-refractivity contribution < 1.29 is 4.42 Å². The lowest BCUT2D eigenvalue weighted by molar-refractivity contribution is 0.469. The molecule has 1 aromatic heterocycles. The summed E-state index contributed by atoms with van der Waals surface area (Å²) < 4.78 is 5.58. The Kier molecular flexibility index (Phi) is 3.87. The zero-order chi connectivity index (χ0) is 13.1. The van der Waals surface area contributed by atoms with E-state index in [4.69, 9.17) is 4.42 Å². The Labute approximate surface area is 109 Å². The lowest BCUT2D eigenvalue weighted by Crippen LogP contribution is -2.22. The molecule has 0 saturated carbocycles. The summed E-state index contributed by atoms with van der Waals surface area (Å²) >= 11 is 0. The molecule has 96 valence electrons. The third kappa shape index (κ3) is 2.82. The first kappa shape index (κ1) is 12.9. The van der Waals surface area contributed by atoms with Crippen molar-refractivity contribution in [2.24, 2.45) is 0 Å². The Balaban J connectivity index is 2.08. The summed E-state index contributed by atoms with van der Waals surface area (Å²) in [5.74, 6) is 1.98. The van der Waals surface area contributed by atoms with Crippen LogP contribution in [0, 0.1) is 13.8 Å². The largest absolute Gasteiger partial charge is 0.466 e. The molecule has 0 aliphatic rings. The van der Waals surface area contributed by atoms with Crippen LogP contribution in [0.5, 0.6) is 0 Å². The third-order valence-electron chi connectivity index (χ3n) is 3.35. The summed E-state index contributed by atoms with van der Waals surface area (Å²) in [5.41, 5.74) is 2.55. The molecule has 0 aliphatic heterocycles. The molecule has 1 N–H and O–H groups in total. The van der Waals surface area contributed by atoms with E-state index in [1.807, 2.05) is 19.9 Å². The number of nitrogens with one attached hydrogen (secondary N) is 1. The van der Waals surface area contributed by atoms with Crippen molar-refractivity contribution in [2.75, 3.05) is 0 Å². The van der Waals surface area contributed by atoms with Crippen molar-refractivity contribution in [3.8, 4) is 0 Å². The van der Waals surface area contributed by atoms with Gasteiger partial charge in [0.15, 0.2) is 0 Å². The zero-order valence-electron chi connectivity index (χ0n) is 11.5. The van der Waals surface area contributed by atoms with E-state index >= 15 is 0 Å². The highest BCUT2D eigenvalue weighted by molar-refractivity contribution is 5.25. The predicted octanol–water partition coefficient (Wildman–Crippen LogP) is 4.31. The lowest BCUT2D eigenvalue weighted by atomic mass is 10.0. The van der Waals surface area contributed by atoms with Crippen LogP contribution in [-0.4, -0.2) is 0 Å². The first-order valence-corrected chi connectivity index (χ1v) is 6.46. The number of aryl methyl sites for hydroxylation is 2. The molecular formula is C16H21NO. The van der Waals surface area contributed by atoms with Crippen LogP contribution in [0.3, 0.4) is 0 Å². The van der Waals surface area contributed by atoms with Crippen LogP contribution in [0.2, 0.25) is 0 Å². The molecule has 2 aromatic rings. The fourth-order valence-electron chi connectivity index (χ4n) is 2.38. The van der Waals surface area contributed by atoms with Gasteiger partial charge in [0.05, 0.1) is 0 Å². The Morgan fingerprint density at radius 3 is 2.22 bits per heavy atom. The topological polar surface area (TPSA) is 25.2 Å². The summed E-state index contributed by atoms with van der Waals surface area (Å²) in [7, 11) is 0. The average Bonchev–Trinajstić information content (AvgIpc) is 2.69. The maximum Gasteiger partial charge on any atom is 0.105 e. The molecule has 2 rings (SSSR count). The third-order valence-corrected chi connectivity index (χ3v) is 3.35. The van der Waals surface area contributed by atoms with Gasteiger partial charge in [-0.25, -0.2) is 0 Å². The predicted molar refractivity (Wildman–Crippen MR) is 74.6 cm³/mol. The van der Waals surface area contributed by atoms with Crippen molar-refractivity contribution in [1.29, 1.82) is 0 Å². The van der Waals surface area contributed by atoms with E-state index in [1.54, 1.807) is 0 Å². The van der Waals surface area contributed by atoms with E-state index < -0.39 is 0 Å². The van der Waals surface area contributed by atoms with Crippen LogP contribution in [0.15, 0.2) is 40.8 Å². The van der Waals surface area contributed by atoms with Crippen LogP contribution in [0.4, 0.5) is 0 Å². The van der Waals surface area contributed by atoms with E-state index in [2.05, 4.69) is 49.5 Å². The van der Waals surface area contributed by atoms with Crippen molar-refractivity contribution in [3.63, 3.8) is 0 Å². The number of rotatable bonds is 4. The summed E-state index contributed by atoms with van der Waals surface area (Å²) in [6.45, 7) is 8.38. The molecule has 1 heterocycles. The summed E-state index contributed by atoms with van der Waals surface area (Å²) in [6.07, 6.45) is 0. The van der Waals surface area contributed by atoms with Crippen LogP contribution in [0.25, 0.3) is 0 Å². The minimum absolute atomic E-state index is 0.289. The fourth-order valence-corrected chi connectivity index (χ4v) is 2.38. The molecule has 2 atom stereocenters. The molecule has 0 bridgehead atoms. The molecule has 0 radical (unpaired) electrons. The molecule has 0 spiro atoms. The van der Waals surface area contributed by atoms with Crippen molar-refractivity contribution in [1.82, 2.24) is 5.32 Å². The number of hydrogen-bond acceptors (Lipinski definition) is 2. The first-order valence-electron chi connectivity index (χ1n) is 6.46. The fraction of sp³-hybridized carbons (Fsp3) is 0.375.